The number of rotatable bonds is 8. The SMILES string of the molecule is Cc1nn(Cc2ccccc2)c(C)c1CNC(=O)COc1cc(Cl)ccc1C(N)=O. The van der Waals surface area contributed by atoms with Crippen LogP contribution < -0.4 is 15.8 Å². The van der Waals surface area contributed by atoms with Crippen molar-refractivity contribution < 1.29 is 14.3 Å². The Morgan fingerprint density at radius 3 is 2.60 bits per heavy atom. The molecule has 0 bridgehead atoms. The predicted molar refractivity (Wildman–Crippen MR) is 115 cm³/mol. The number of amides is 2. The van der Waals surface area contributed by atoms with Crippen LogP contribution in [-0.2, 0) is 17.9 Å². The van der Waals surface area contributed by atoms with Crippen molar-refractivity contribution in [2.45, 2.75) is 26.9 Å². The molecule has 8 heteroatoms. The van der Waals surface area contributed by atoms with Crippen LogP contribution in [0.25, 0.3) is 0 Å². The summed E-state index contributed by atoms with van der Waals surface area (Å²) in [5, 5.41) is 7.79. The van der Waals surface area contributed by atoms with E-state index in [0.29, 0.717) is 18.1 Å². The lowest BCUT2D eigenvalue weighted by Gasteiger charge is -2.11. The van der Waals surface area contributed by atoms with E-state index < -0.39 is 5.91 Å². The van der Waals surface area contributed by atoms with Crippen LogP contribution in [0.3, 0.4) is 0 Å². The fourth-order valence-electron chi connectivity index (χ4n) is 3.10. The second-order valence-electron chi connectivity index (χ2n) is 6.86. The van der Waals surface area contributed by atoms with Gasteiger partial charge in [0.05, 0.1) is 17.8 Å². The molecular formula is C22H23ClN4O3. The first kappa shape index (κ1) is 21.4. The van der Waals surface area contributed by atoms with Gasteiger partial charge in [0.15, 0.2) is 6.61 Å². The molecule has 2 aromatic carbocycles. The molecule has 3 rings (SSSR count). The lowest BCUT2D eigenvalue weighted by molar-refractivity contribution is -0.123. The van der Waals surface area contributed by atoms with Crippen molar-refractivity contribution in [1.29, 1.82) is 0 Å². The van der Waals surface area contributed by atoms with Crippen molar-refractivity contribution >= 4 is 23.4 Å². The van der Waals surface area contributed by atoms with Crippen LogP contribution in [0.5, 0.6) is 5.75 Å². The molecule has 0 atom stereocenters. The molecule has 156 valence electrons. The monoisotopic (exact) mass is 426 g/mol. The lowest BCUT2D eigenvalue weighted by atomic mass is 10.2. The topological polar surface area (TPSA) is 99.2 Å². The molecule has 0 spiro atoms. The zero-order chi connectivity index (χ0) is 21.7. The minimum Gasteiger partial charge on any atom is -0.483 e. The second-order valence-corrected chi connectivity index (χ2v) is 7.30. The van der Waals surface area contributed by atoms with Gasteiger partial charge in [-0.3, -0.25) is 14.3 Å². The molecule has 0 unspecified atom stereocenters. The summed E-state index contributed by atoms with van der Waals surface area (Å²) in [6.07, 6.45) is 0. The second kappa shape index (κ2) is 9.45. The number of benzene rings is 2. The summed E-state index contributed by atoms with van der Waals surface area (Å²) in [6, 6.07) is 14.5. The van der Waals surface area contributed by atoms with E-state index in [1.54, 1.807) is 0 Å². The number of hydrogen-bond donors (Lipinski definition) is 2. The van der Waals surface area contributed by atoms with Gasteiger partial charge in [0.1, 0.15) is 5.75 Å². The molecule has 30 heavy (non-hydrogen) atoms. The number of halogens is 1. The first-order valence-electron chi connectivity index (χ1n) is 9.41. The van der Waals surface area contributed by atoms with Gasteiger partial charge < -0.3 is 15.8 Å². The zero-order valence-corrected chi connectivity index (χ0v) is 17.6. The van der Waals surface area contributed by atoms with E-state index in [-0.39, 0.29) is 23.8 Å². The average Bonchev–Trinajstić information content (AvgIpc) is 2.98. The Morgan fingerprint density at radius 2 is 1.90 bits per heavy atom. The zero-order valence-electron chi connectivity index (χ0n) is 16.8. The van der Waals surface area contributed by atoms with Crippen LogP contribution in [0.15, 0.2) is 48.5 Å². The third-order valence-electron chi connectivity index (χ3n) is 4.74. The number of aromatic nitrogens is 2. The van der Waals surface area contributed by atoms with Gasteiger partial charge in [-0.15, -0.1) is 0 Å². The highest BCUT2D eigenvalue weighted by atomic mass is 35.5. The third kappa shape index (κ3) is 5.18. The summed E-state index contributed by atoms with van der Waals surface area (Å²) in [7, 11) is 0. The Hall–Kier alpha value is -3.32. The van der Waals surface area contributed by atoms with Gasteiger partial charge in [-0.1, -0.05) is 41.9 Å². The highest BCUT2D eigenvalue weighted by Crippen LogP contribution is 2.23. The molecule has 0 saturated heterocycles. The Morgan fingerprint density at radius 1 is 1.17 bits per heavy atom. The predicted octanol–water partition coefficient (Wildman–Crippen LogP) is 3.00. The van der Waals surface area contributed by atoms with E-state index in [4.69, 9.17) is 22.1 Å². The van der Waals surface area contributed by atoms with Crippen LogP contribution in [0.4, 0.5) is 0 Å². The van der Waals surface area contributed by atoms with Crippen molar-refractivity contribution in [3.05, 3.63) is 81.6 Å². The van der Waals surface area contributed by atoms with Crippen LogP contribution in [0.1, 0.15) is 32.9 Å². The van der Waals surface area contributed by atoms with Crippen LogP contribution in [0, 0.1) is 13.8 Å². The van der Waals surface area contributed by atoms with Gasteiger partial charge in [-0.2, -0.15) is 5.10 Å². The fraction of sp³-hybridized carbons (Fsp3) is 0.227. The summed E-state index contributed by atoms with van der Waals surface area (Å²) in [6.45, 7) is 4.61. The largest absolute Gasteiger partial charge is 0.483 e. The summed E-state index contributed by atoms with van der Waals surface area (Å²) in [4.78, 5) is 23.7. The number of primary amides is 1. The van der Waals surface area contributed by atoms with Crippen LogP contribution >= 0.6 is 11.6 Å². The van der Waals surface area contributed by atoms with Crippen LogP contribution in [-0.4, -0.2) is 28.2 Å². The van der Waals surface area contributed by atoms with Crippen molar-refractivity contribution in [3.63, 3.8) is 0 Å². The highest BCUT2D eigenvalue weighted by molar-refractivity contribution is 6.30. The van der Waals surface area contributed by atoms with Crippen molar-refractivity contribution in [2.75, 3.05) is 6.61 Å². The van der Waals surface area contributed by atoms with E-state index in [9.17, 15) is 9.59 Å². The summed E-state index contributed by atoms with van der Waals surface area (Å²) < 4.78 is 7.38. The first-order chi connectivity index (χ1) is 14.3. The van der Waals surface area contributed by atoms with Crippen molar-refractivity contribution in [1.82, 2.24) is 15.1 Å². The van der Waals surface area contributed by atoms with Crippen molar-refractivity contribution in [2.24, 2.45) is 5.73 Å². The summed E-state index contributed by atoms with van der Waals surface area (Å²) in [5.41, 5.74) is 9.45. The number of nitrogens with one attached hydrogen (secondary N) is 1. The minimum atomic E-state index is -0.654. The molecule has 7 nitrogen and oxygen atoms in total. The molecule has 0 aliphatic carbocycles. The van der Waals surface area contributed by atoms with Crippen LogP contribution in [0.2, 0.25) is 5.02 Å². The molecule has 0 saturated carbocycles. The third-order valence-corrected chi connectivity index (χ3v) is 4.97. The maximum absolute atomic E-state index is 12.3. The molecule has 0 fully saturated rings. The van der Waals surface area contributed by atoms with E-state index in [1.807, 2.05) is 48.9 Å². The molecule has 3 aromatic rings. The number of carbonyl (C=O) groups excluding carboxylic acids is 2. The number of aryl methyl sites for hydroxylation is 1. The number of carbonyl (C=O) groups is 2. The maximum atomic E-state index is 12.3. The summed E-state index contributed by atoms with van der Waals surface area (Å²) >= 11 is 5.93. The Kier molecular flexibility index (Phi) is 6.74. The lowest BCUT2D eigenvalue weighted by Crippen LogP contribution is -2.29. The Bertz CT molecular complexity index is 1060. The van der Waals surface area contributed by atoms with Crippen molar-refractivity contribution in [3.8, 4) is 5.75 Å². The van der Waals surface area contributed by atoms with Gasteiger partial charge in [-0.25, -0.2) is 0 Å². The number of nitrogens with two attached hydrogens (primary N) is 1. The Labute approximate surface area is 179 Å². The molecule has 0 aliphatic rings. The molecule has 3 N–H and O–H groups in total. The number of nitrogens with zero attached hydrogens (tertiary/aromatic N) is 2. The number of hydrogen-bond acceptors (Lipinski definition) is 4. The quantitative estimate of drug-likeness (QED) is 0.578. The first-order valence-corrected chi connectivity index (χ1v) is 9.78. The molecule has 0 aliphatic heterocycles. The van der Waals surface area contributed by atoms with Gasteiger partial charge in [0.2, 0.25) is 0 Å². The molecule has 1 heterocycles. The van der Waals surface area contributed by atoms with Gasteiger partial charge in [0, 0.05) is 22.8 Å². The number of ether oxygens (including phenoxy) is 1. The molecule has 0 radical (unpaired) electrons. The van der Waals surface area contributed by atoms with Gasteiger partial charge >= 0.3 is 0 Å². The molecule has 2 amide bonds. The summed E-state index contributed by atoms with van der Waals surface area (Å²) in [5.74, 6) is -0.813. The smallest absolute Gasteiger partial charge is 0.258 e. The normalized spacial score (nSPS) is 10.6. The molecule has 1 aromatic heterocycles. The Balaban J connectivity index is 1.60. The van der Waals surface area contributed by atoms with E-state index >= 15 is 0 Å². The van der Waals surface area contributed by atoms with E-state index in [2.05, 4.69) is 10.4 Å². The fourth-order valence-corrected chi connectivity index (χ4v) is 3.26. The standard InChI is InChI=1S/C22H23ClN4O3/c1-14-19(15(2)27(26-14)12-16-6-4-3-5-7-16)11-25-21(28)13-30-20-10-17(23)8-9-18(20)22(24)29/h3-10H,11-13H2,1-2H3,(H2,24,29)(H,25,28). The van der Waals surface area contributed by atoms with Gasteiger partial charge in [-0.05, 0) is 37.6 Å². The van der Waals surface area contributed by atoms with E-state index in [1.165, 1.54) is 18.2 Å². The average molecular weight is 427 g/mol. The highest BCUT2D eigenvalue weighted by Gasteiger charge is 2.15. The van der Waals surface area contributed by atoms with E-state index in [0.717, 1.165) is 22.5 Å². The molecular weight excluding hydrogens is 404 g/mol. The maximum Gasteiger partial charge on any atom is 0.258 e. The van der Waals surface area contributed by atoms with Gasteiger partial charge in [0.25, 0.3) is 11.8 Å². The minimum absolute atomic E-state index is 0.168.